The highest BCUT2D eigenvalue weighted by Crippen LogP contribution is 2.19. The summed E-state index contributed by atoms with van der Waals surface area (Å²) < 4.78 is 10.4. The molecule has 1 aromatic carbocycles. The minimum Gasteiger partial charge on any atom is -0.447 e. The largest absolute Gasteiger partial charge is 0.447 e. The molecule has 1 aromatic rings. The van der Waals surface area contributed by atoms with Crippen LogP contribution in [0.25, 0.3) is 0 Å². The third-order valence-corrected chi connectivity index (χ3v) is 5.36. The number of thioether (sulfide) groups is 1. The summed E-state index contributed by atoms with van der Waals surface area (Å²) in [5.74, 6) is -0.162. The Kier molecular flexibility index (Phi) is 6.76. The van der Waals surface area contributed by atoms with E-state index in [-0.39, 0.29) is 12.5 Å². The normalized spacial score (nSPS) is 20.9. The first-order valence-electron chi connectivity index (χ1n) is 8.81. The number of cyclic esters (lactones) is 1. The summed E-state index contributed by atoms with van der Waals surface area (Å²) in [6, 6.07) is 7.40. The van der Waals surface area contributed by atoms with Crippen molar-refractivity contribution in [2.75, 3.05) is 52.3 Å². The Hall–Kier alpha value is -1.77. The summed E-state index contributed by atoms with van der Waals surface area (Å²) in [4.78, 5) is 29.5. The number of amides is 2. The smallest absolute Gasteiger partial charge is 0.410 e. The van der Waals surface area contributed by atoms with Gasteiger partial charge < -0.3 is 14.8 Å². The van der Waals surface area contributed by atoms with E-state index in [0.717, 1.165) is 43.3 Å². The van der Waals surface area contributed by atoms with E-state index in [1.165, 1.54) is 4.90 Å². The van der Waals surface area contributed by atoms with Gasteiger partial charge in [-0.25, -0.2) is 4.79 Å². The lowest BCUT2D eigenvalue weighted by Gasteiger charge is -2.27. The van der Waals surface area contributed by atoms with Gasteiger partial charge >= 0.3 is 6.09 Å². The summed E-state index contributed by atoms with van der Waals surface area (Å²) in [5, 5.41) is 2.93. The molecule has 1 atom stereocenters. The van der Waals surface area contributed by atoms with Gasteiger partial charge in [0, 0.05) is 31.1 Å². The molecular formula is C18H25N3O4S. The first-order chi connectivity index (χ1) is 12.7. The minimum atomic E-state index is -0.576. The lowest BCUT2D eigenvalue weighted by Crippen LogP contribution is -2.48. The quantitative estimate of drug-likeness (QED) is 0.718. The lowest BCUT2D eigenvalue weighted by molar-refractivity contribution is -0.125. The number of hydrogen-bond donors (Lipinski definition) is 1. The van der Waals surface area contributed by atoms with Crippen molar-refractivity contribution >= 4 is 23.8 Å². The van der Waals surface area contributed by atoms with Crippen molar-refractivity contribution in [2.24, 2.45) is 0 Å². The molecule has 0 spiro atoms. The number of carbonyl (C=O) groups is 2. The first-order valence-corrected chi connectivity index (χ1v) is 10.0. The van der Waals surface area contributed by atoms with Crippen molar-refractivity contribution in [3.63, 3.8) is 0 Å². The average molecular weight is 379 g/mol. The predicted octanol–water partition coefficient (Wildman–Crippen LogP) is 1.18. The van der Waals surface area contributed by atoms with E-state index in [0.29, 0.717) is 13.1 Å². The number of nitrogens with one attached hydrogen (secondary N) is 1. The predicted molar refractivity (Wildman–Crippen MR) is 99.2 cm³/mol. The molecule has 2 heterocycles. The highest BCUT2D eigenvalue weighted by atomic mass is 32.2. The van der Waals surface area contributed by atoms with Gasteiger partial charge in [0.05, 0.1) is 19.8 Å². The molecule has 0 aliphatic carbocycles. The van der Waals surface area contributed by atoms with Crippen molar-refractivity contribution < 1.29 is 19.1 Å². The van der Waals surface area contributed by atoms with E-state index < -0.39 is 12.1 Å². The van der Waals surface area contributed by atoms with Crippen molar-refractivity contribution in [3.8, 4) is 0 Å². The molecule has 142 valence electrons. The maximum absolute atomic E-state index is 12.5. The highest BCUT2D eigenvalue weighted by molar-refractivity contribution is 7.98. The molecule has 2 aliphatic heterocycles. The van der Waals surface area contributed by atoms with Gasteiger partial charge in [0.2, 0.25) is 5.91 Å². The number of morpholine rings is 1. The van der Waals surface area contributed by atoms with Gasteiger partial charge in [0.25, 0.3) is 0 Å². The maximum atomic E-state index is 12.5. The van der Waals surface area contributed by atoms with E-state index in [1.54, 1.807) is 11.8 Å². The van der Waals surface area contributed by atoms with E-state index in [9.17, 15) is 9.59 Å². The maximum Gasteiger partial charge on any atom is 0.410 e. The SMILES string of the molecule is CSc1ccc(CN2C(=O)OC[C@H]2C(=O)NCCN2CCOCC2)cc1. The van der Waals surface area contributed by atoms with Crippen LogP contribution in [0.4, 0.5) is 4.79 Å². The van der Waals surface area contributed by atoms with Crippen LogP contribution in [0.1, 0.15) is 5.56 Å². The Morgan fingerprint density at radius 3 is 2.69 bits per heavy atom. The topological polar surface area (TPSA) is 71.1 Å². The summed E-state index contributed by atoms with van der Waals surface area (Å²) in [5.41, 5.74) is 0.979. The molecule has 0 aromatic heterocycles. The van der Waals surface area contributed by atoms with Crippen LogP contribution in [0.2, 0.25) is 0 Å². The van der Waals surface area contributed by atoms with E-state index in [2.05, 4.69) is 10.2 Å². The zero-order valence-corrected chi connectivity index (χ0v) is 15.8. The molecule has 7 nitrogen and oxygen atoms in total. The van der Waals surface area contributed by atoms with E-state index in [4.69, 9.17) is 9.47 Å². The van der Waals surface area contributed by atoms with Gasteiger partial charge in [-0.1, -0.05) is 12.1 Å². The van der Waals surface area contributed by atoms with Crippen LogP contribution in [0.15, 0.2) is 29.2 Å². The van der Waals surface area contributed by atoms with Crippen LogP contribution in [-0.2, 0) is 20.8 Å². The Labute approximate surface area is 158 Å². The number of benzene rings is 1. The number of carbonyl (C=O) groups excluding carboxylic acids is 2. The minimum absolute atomic E-state index is 0.102. The monoisotopic (exact) mass is 379 g/mol. The van der Waals surface area contributed by atoms with Crippen molar-refractivity contribution in [3.05, 3.63) is 29.8 Å². The molecular weight excluding hydrogens is 354 g/mol. The van der Waals surface area contributed by atoms with Gasteiger partial charge in [0.1, 0.15) is 12.6 Å². The molecule has 0 unspecified atom stereocenters. The highest BCUT2D eigenvalue weighted by Gasteiger charge is 2.37. The number of rotatable bonds is 7. The van der Waals surface area contributed by atoms with Gasteiger partial charge in [-0.3, -0.25) is 14.6 Å². The van der Waals surface area contributed by atoms with Crippen LogP contribution in [0.3, 0.4) is 0 Å². The Bertz CT molecular complexity index is 619. The standard InChI is InChI=1S/C18H25N3O4S/c1-26-15-4-2-14(3-5-15)12-21-16(13-25-18(21)23)17(22)19-6-7-20-8-10-24-11-9-20/h2-5,16H,6-13H2,1H3,(H,19,22)/t16-/m0/s1. The Balaban J connectivity index is 1.51. The molecule has 2 aliphatic rings. The van der Waals surface area contributed by atoms with E-state index >= 15 is 0 Å². The number of ether oxygens (including phenoxy) is 2. The third kappa shape index (κ3) is 4.90. The summed E-state index contributed by atoms with van der Waals surface area (Å²) in [7, 11) is 0. The summed E-state index contributed by atoms with van der Waals surface area (Å²) >= 11 is 1.67. The van der Waals surface area contributed by atoms with Crippen LogP contribution in [0.5, 0.6) is 0 Å². The molecule has 2 fully saturated rings. The fraction of sp³-hybridized carbons (Fsp3) is 0.556. The van der Waals surface area contributed by atoms with Gasteiger partial charge in [-0.2, -0.15) is 0 Å². The van der Waals surface area contributed by atoms with Crippen molar-refractivity contribution in [1.29, 1.82) is 0 Å². The average Bonchev–Trinajstić information content (AvgIpc) is 3.04. The molecule has 26 heavy (non-hydrogen) atoms. The lowest BCUT2D eigenvalue weighted by atomic mass is 10.2. The molecule has 3 rings (SSSR count). The van der Waals surface area contributed by atoms with Crippen LogP contribution < -0.4 is 5.32 Å². The fourth-order valence-corrected chi connectivity index (χ4v) is 3.46. The van der Waals surface area contributed by atoms with Crippen LogP contribution >= 0.6 is 11.8 Å². The second kappa shape index (κ2) is 9.25. The molecule has 8 heteroatoms. The Morgan fingerprint density at radius 2 is 2.00 bits per heavy atom. The van der Waals surface area contributed by atoms with Gasteiger partial charge in [-0.05, 0) is 24.0 Å². The number of hydrogen-bond acceptors (Lipinski definition) is 6. The number of nitrogens with zero attached hydrogens (tertiary/aromatic N) is 2. The molecule has 1 N–H and O–H groups in total. The van der Waals surface area contributed by atoms with Crippen molar-refractivity contribution in [2.45, 2.75) is 17.5 Å². The van der Waals surface area contributed by atoms with Crippen LogP contribution in [0, 0.1) is 0 Å². The first kappa shape index (κ1) is 19.0. The van der Waals surface area contributed by atoms with Crippen molar-refractivity contribution in [1.82, 2.24) is 15.1 Å². The van der Waals surface area contributed by atoms with Gasteiger partial charge in [-0.15, -0.1) is 11.8 Å². The molecule has 0 radical (unpaired) electrons. The van der Waals surface area contributed by atoms with E-state index in [1.807, 2.05) is 30.5 Å². The molecule has 2 amide bonds. The third-order valence-electron chi connectivity index (χ3n) is 4.62. The zero-order valence-electron chi connectivity index (χ0n) is 15.0. The molecule has 0 saturated carbocycles. The summed E-state index contributed by atoms with van der Waals surface area (Å²) in [6.07, 6.45) is 1.58. The molecule has 0 bridgehead atoms. The zero-order chi connectivity index (χ0) is 18.4. The second-order valence-corrected chi connectivity index (χ2v) is 7.19. The molecule has 2 saturated heterocycles. The van der Waals surface area contributed by atoms with Gasteiger partial charge in [0.15, 0.2) is 0 Å². The van der Waals surface area contributed by atoms with Crippen LogP contribution in [-0.4, -0.2) is 80.1 Å². The Morgan fingerprint density at radius 1 is 1.27 bits per heavy atom. The second-order valence-electron chi connectivity index (χ2n) is 6.31. The fourth-order valence-electron chi connectivity index (χ4n) is 3.05. The summed E-state index contributed by atoms with van der Waals surface area (Å²) in [6.45, 7) is 5.06.